The average Bonchev–Trinajstić information content (AvgIpc) is 3.86. The quantitative estimate of drug-likeness (QED) is 0.352. The van der Waals surface area contributed by atoms with Crippen molar-refractivity contribution in [3.05, 3.63) is 64.7 Å². The number of carbonyl (C=O) groups is 5. The van der Waals surface area contributed by atoms with E-state index in [0.29, 0.717) is 36.3 Å². The smallest absolute Gasteiger partial charge is 0.410 e. The van der Waals surface area contributed by atoms with Gasteiger partial charge in [0.1, 0.15) is 35.1 Å². The number of aromatic nitrogens is 2. The minimum atomic E-state index is -1.16. The van der Waals surface area contributed by atoms with Gasteiger partial charge in [-0.25, -0.2) is 14.0 Å². The molecule has 0 bridgehead atoms. The predicted molar refractivity (Wildman–Crippen MR) is 190 cm³/mol. The number of allylic oxidation sites excluding steroid dienone is 1. The fraction of sp³-hybridized carbons (Fsp3) is 0.590. The summed E-state index contributed by atoms with van der Waals surface area (Å²) >= 11 is 0. The van der Waals surface area contributed by atoms with E-state index in [0.717, 1.165) is 43.4 Å². The lowest BCUT2D eigenvalue weighted by molar-refractivity contribution is -0.141. The van der Waals surface area contributed by atoms with Gasteiger partial charge in [0, 0.05) is 30.1 Å². The van der Waals surface area contributed by atoms with E-state index in [2.05, 4.69) is 26.9 Å². The number of Topliss-reactive ketones (excluding diaryl/α,β-unsaturated/α-hetero) is 1. The molecular formula is C39H49FN6O7. The third kappa shape index (κ3) is 8.11. The lowest BCUT2D eigenvalue weighted by Gasteiger charge is -2.30. The molecule has 2 saturated carbocycles. The molecule has 0 spiro atoms. The van der Waals surface area contributed by atoms with Crippen molar-refractivity contribution in [1.29, 1.82) is 0 Å². The lowest BCUT2D eigenvalue weighted by atomic mass is 9.99. The van der Waals surface area contributed by atoms with Crippen LogP contribution in [0.4, 0.5) is 14.0 Å². The number of aromatic amines is 1. The van der Waals surface area contributed by atoms with E-state index in [1.165, 1.54) is 15.9 Å². The number of carbonyl (C=O) groups excluding carboxylic acids is 5. The molecule has 4 amide bonds. The first-order chi connectivity index (χ1) is 25.3. The van der Waals surface area contributed by atoms with Crippen LogP contribution in [0.3, 0.4) is 0 Å². The summed E-state index contributed by atoms with van der Waals surface area (Å²) in [6, 6.07) is 2.61. The first kappa shape index (κ1) is 36.6. The Morgan fingerprint density at radius 1 is 1.09 bits per heavy atom. The molecule has 0 unspecified atom stereocenters. The van der Waals surface area contributed by atoms with Crippen LogP contribution < -0.4 is 10.6 Å². The molecule has 0 radical (unpaired) electrons. The molecule has 5 atom stereocenters. The first-order valence-electron chi connectivity index (χ1n) is 18.9. The van der Waals surface area contributed by atoms with Crippen LogP contribution in [0.15, 0.2) is 36.5 Å². The minimum Gasteiger partial charge on any atom is -0.444 e. The molecule has 1 aromatic heterocycles. The summed E-state index contributed by atoms with van der Waals surface area (Å²) in [4.78, 5) is 72.1. The second-order valence-electron chi connectivity index (χ2n) is 16.2. The van der Waals surface area contributed by atoms with Crippen LogP contribution in [0.5, 0.6) is 0 Å². The highest BCUT2D eigenvalue weighted by Crippen LogP contribution is 2.48. The molecule has 7 rings (SSSR count). The Morgan fingerprint density at radius 3 is 2.66 bits per heavy atom. The fourth-order valence-electron chi connectivity index (χ4n) is 7.94. The molecule has 284 valence electrons. The van der Waals surface area contributed by atoms with Crippen LogP contribution in [-0.4, -0.2) is 85.7 Å². The number of rotatable bonds is 6. The van der Waals surface area contributed by atoms with Gasteiger partial charge in [-0.3, -0.25) is 24.4 Å². The monoisotopic (exact) mass is 732 g/mol. The number of halogens is 1. The number of H-pyrrole nitrogens is 1. The molecule has 5 aliphatic rings. The Hall–Kier alpha value is -4.75. The molecule has 1 aromatic carbocycles. The summed E-state index contributed by atoms with van der Waals surface area (Å²) in [5, 5.41) is 13.0. The van der Waals surface area contributed by atoms with Crippen molar-refractivity contribution >= 4 is 29.8 Å². The standard InChI is InChI=1S/C39H49FN6O7/c1-38(2,3)53-36(50)42-30-13-8-6-4-5-7-11-25-18-39(25,33(47)17-31-27(19-41-44-31)23-14-15-23)43-34(48)32-16-26(21-46(32)35(30)49)52-37(51)45-20-24-10-9-12-29(40)28(24)22-45/h7,9-12,19,23,25-26,30,32H,4-6,8,13-18,20-22H2,1-3H3,(H,41,44)(H,42,50)(H,43,48)/b11-7-/t25-,26-,30+,32+,39-/m1/s1. The van der Waals surface area contributed by atoms with Gasteiger partial charge in [0.05, 0.1) is 25.7 Å². The molecular weight excluding hydrogens is 683 g/mol. The lowest BCUT2D eigenvalue weighted by Crippen LogP contribution is -2.56. The molecule has 2 aromatic rings. The van der Waals surface area contributed by atoms with Gasteiger partial charge in [0.2, 0.25) is 11.8 Å². The normalized spacial score (nSPS) is 28.1. The summed E-state index contributed by atoms with van der Waals surface area (Å²) in [6.45, 7) is 5.30. The number of hydrogen-bond acceptors (Lipinski definition) is 8. The van der Waals surface area contributed by atoms with Gasteiger partial charge >= 0.3 is 12.2 Å². The molecule has 1 saturated heterocycles. The molecule has 3 fully saturated rings. The molecule has 3 N–H and O–H groups in total. The molecule has 2 aliphatic carbocycles. The van der Waals surface area contributed by atoms with Crippen molar-refractivity contribution in [3.8, 4) is 0 Å². The predicted octanol–water partition coefficient (Wildman–Crippen LogP) is 4.95. The number of ether oxygens (including phenoxy) is 2. The Bertz CT molecular complexity index is 1800. The second-order valence-corrected chi connectivity index (χ2v) is 16.2. The third-order valence-corrected chi connectivity index (χ3v) is 11.0. The van der Waals surface area contributed by atoms with Gasteiger partial charge in [-0.15, -0.1) is 0 Å². The Morgan fingerprint density at radius 2 is 1.91 bits per heavy atom. The molecule has 14 heteroatoms. The molecule has 3 aliphatic heterocycles. The zero-order valence-corrected chi connectivity index (χ0v) is 30.6. The van der Waals surface area contributed by atoms with Crippen LogP contribution in [0.25, 0.3) is 0 Å². The largest absolute Gasteiger partial charge is 0.444 e. The van der Waals surface area contributed by atoms with Crippen LogP contribution in [-0.2, 0) is 43.4 Å². The van der Waals surface area contributed by atoms with Gasteiger partial charge in [0.25, 0.3) is 0 Å². The van der Waals surface area contributed by atoms with Gasteiger partial charge in [-0.1, -0.05) is 37.1 Å². The topological polar surface area (TPSA) is 163 Å². The number of nitrogens with zero attached hydrogens (tertiary/aromatic N) is 3. The van der Waals surface area contributed by atoms with Gasteiger partial charge in [-0.2, -0.15) is 5.10 Å². The van der Waals surface area contributed by atoms with Crippen molar-refractivity contribution in [2.75, 3.05) is 6.54 Å². The van der Waals surface area contributed by atoms with E-state index in [4.69, 9.17) is 9.47 Å². The zero-order valence-electron chi connectivity index (χ0n) is 30.6. The maximum absolute atomic E-state index is 14.5. The zero-order chi connectivity index (χ0) is 37.5. The van der Waals surface area contributed by atoms with E-state index >= 15 is 0 Å². The number of fused-ring (bicyclic) bond motifs is 3. The summed E-state index contributed by atoms with van der Waals surface area (Å²) in [6.07, 6.45) is 9.49. The van der Waals surface area contributed by atoms with Crippen molar-refractivity contribution in [1.82, 2.24) is 30.6 Å². The number of hydrogen-bond donors (Lipinski definition) is 3. The number of ketones is 1. The Labute approximate surface area is 308 Å². The summed E-state index contributed by atoms with van der Waals surface area (Å²) < 4.78 is 25.8. The number of amides is 4. The average molecular weight is 733 g/mol. The van der Waals surface area contributed by atoms with E-state index in [9.17, 15) is 28.4 Å². The van der Waals surface area contributed by atoms with E-state index in [1.807, 2.05) is 6.08 Å². The van der Waals surface area contributed by atoms with Gasteiger partial charge in [0.15, 0.2) is 5.78 Å². The minimum absolute atomic E-state index is 0.0191. The van der Waals surface area contributed by atoms with Crippen LogP contribution >= 0.6 is 0 Å². The van der Waals surface area contributed by atoms with Crippen molar-refractivity contribution in [2.45, 2.75) is 133 Å². The Balaban J connectivity index is 1.13. The third-order valence-electron chi connectivity index (χ3n) is 11.0. The maximum Gasteiger partial charge on any atom is 0.410 e. The van der Waals surface area contributed by atoms with Crippen molar-refractivity contribution in [3.63, 3.8) is 0 Å². The summed E-state index contributed by atoms with van der Waals surface area (Å²) in [5.74, 6) is -1.40. The molecule has 4 heterocycles. The van der Waals surface area contributed by atoms with Crippen molar-refractivity contribution in [2.24, 2.45) is 5.92 Å². The summed E-state index contributed by atoms with van der Waals surface area (Å²) in [7, 11) is 0. The van der Waals surface area contributed by atoms with Gasteiger partial charge in [-0.05, 0) is 82.4 Å². The van der Waals surface area contributed by atoms with Crippen LogP contribution in [0, 0.1) is 11.7 Å². The van der Waals surface area contributed by atoms with Gasteiger partial charge < -0.3 is 25.0 Å². The van der Waals surface area contributed by atoms with E-state index in [-0.39, 0.29) is 44.2 Å². The highest BCUT2D eigenvalue weighted by atomic mass is 19.1. The number of benzene rings is 1. The SMILES string of the molecule is CC(C)(C)OC(=O)N[C@H]1CCCCC/C=C\[C@@H]2C[C@@]2(C(=O)Cc2[nH]ncc2C2CC2)NC(=O)[C@@H]2C[C@@H](OC(=O)N3Cc4cccc(F)c4C3)CN2C1=O. The maximum atomic E-state index is 14.5. The second kappa shape index (κ2) is 14.6. The molecule has 13 nitrogen and oxygen atoms in total. The number of nitrogens with one attached hydrogen (secondary N) is 3. The van der Waals surface area contributed by atoms with Crippen LogP contribution in [0.2, 0.25) is 0 Å². The fourth-order valence-corrected chi connectivity index (χ4v) is 7.94. The Kier molecular flexibility index (Phi) is 10.1. The van der Waals surface area contributed by atoms with Crippen LogP contribution in [0.1, 0.15) is 107 Å². The number of alkyl carbamates (subject to hydrolysis) is 1. The van der Waals surface area contributed by atoms with E-state index < -0.39 is 59.1 Å². The van der Waals surface area contributed by atoms with Crippen molar-refractivity contribution < 1.29 is 37.8 Å². The van der Waals surface area contributed by atoms with E-state index in [1.54, 1.807) is 39.1 Å². The summed E-state index contributed by atoms with van der Waals surface area (Å²) in [5.41, 5.74) is 0.949. The molecule has 53 heavy (non-hydrogen) atoms. The highest BCUT2D eigenvalue weighted by Gasteiger charge is 2.60. The highest BCUT2D eigenvalue weighted by molar-refractivity contribution is 6.00. The first-order valence-corrected chi connectivity index (χ1v) is 18.9.